The molecule has 0 aliphatic rings. The van der Waals surface area contributed by atoms with Crippen molar-refractivity contribution >= 4 is 12.2 Å². The van der Waals surface area contributed by atoms with Crippen LogP contribution in [0.5, 0.6) is 0 Å². The fourth-order valence-electron chi connectivity index (χ4n) is 1.76. The third-order valence-electron chi connectivity index (χ3n) is 2.91. The fraction of sp³-hybridized carbons (Fsp3) is 0.818. The molecule has 1 heterocycles. The third kappa shape index (κ3) is 3.16. The highest BCUT2D eigenvalue weighted by Gasteiger charge is 2.10. The third-order valence-corrected chi connectivity index (χ3v) is 3.22. The van der Waals surface area contributed by atoms with Crippen LogP contribution in [0.15, 0.2) is 0 Å². The molecule has 0 atom stereocenters. The molecule has 1 rings (SSSR count). The van der Waals surface area contributed by atoms with E-state index in [1.165, 1.54) is 12.8 Å². The second-order valence-electron chi connectivity index (χ2n) is 3.99. The minimum Gasteiger partial charge on any atom is -0.304 e. The van der Waals surface area contributed by atoms with Crippen molar-refractivity contribution in [2.75, 3.05) is 0 Å². The molecule has 0 saturated carbocycles. The Morgan fingerprint density at radius 1 is 1.33 bits per heavy atom. The summed E-state index contributed by atoms with van der Waals surface area (Å²) in [5.41, 5.74) is 0. The van der Waals surface area contributed by atoms with Crippen molar-refractivity contribution in [2.24, 2.45) is 5.92 Å². The van der Waals surface area contributed by atoms with E-state index in [0.717, 1.165) is 30.0 Å². The molecule has 3 nitrogen and oxygen atoms in total. The van der Waals surface area contributed by atoms with Gasteiger partial charge in [-0.3, -0.25) is 5.10 Å². The number of aromatic amines is 1. The van der Waals surface area contributed by atoms with Crippen molar-refractivity contribution in [3.05, 3.63) is 10.6 Å². The second kappa shape index (κ2) is 6.05. The Balaban J connectivity index is 2.81. The molecule has 1 aromatic rings. The molecule has 0 radical (unpaired) electrons. The van der Waals surface area contributed by atoms with E-state index in [1.54, 1.807) is 0 Å². The van der Waals surface area contributed by atoms with Crippen LogP contribution in [0.25, 0.3) is 0 Å². The van der Waals surface area contributed by atoms with Crippen LogP contribution in [-0.4, -0.2) is 14.8 Å². The van der Waals surface area contributed by atoms with Crippen molar-refractivity contribution in [1.29, 1.82) is 0 Å². The minimum absolute atomic E-state index is 0.713. The van der Waals surface area contributed by atoms with Crippen LogP contribution in [0, 0.1) is 10.7 Å². The predicted molar refractivity (Wildman–Crippen MR) is 65.5 cm³/mol. The van der Waals surface area contributed by atoms with Gasteiger partial charge in [0, 0.05) is 13.0 Å². The summed E-state index contributed by atoms with van der Waals surface area (Å²) < 4.78 is 2.93. The summed E-state index contributed by atoms with van der Waals surface area (Å²) in [6.45, 7) is 7.64. The van der Waals surface area contributed by atoms with Crippen LogP contribution in [0.4, 0.5) is 0 Å². The molecule has 0 bridgehead atoms. The summed E-state index contributed by atoms with van der Waals surface area (Å²) in [6, 6.07) is 0. The van der Waals surface area contributed by atoms with Crippen molar-refractivity contribution < 1.29 is 0 Å². The Labute approximate surface area is 96.9 Å². The van der Waals surface area contributed by atoms with Gasteiger partial charge >= 0.3 is 0 Å². The Hall–Kier alpha value is -0.640. The maximum atomic E-state index is 5.25. The largest absolute Gasteiger partial charge is 0.304 e. The Morgan fingerprint density at radius 2 is 2.00 bits per heavy atom. The number of aryl methyl sites for hydroxylation is 1. The molecule has 4 heteroatoms. The molecule has 0 amide bonds. The summed E-state index contributed by atoms with van der Waals surface area (Å²) in [7, 11) is 0. The second-order valence-corrected chi connectivity index (χ2v) is 4.37. The van der Waals surface area contributed by atoms with Gasteiger partial charge in [-0.2, -0.15) is 5.10 Å². The van der Waals surface area contributed by atoms with Crippen LogP contribution in [0.2, 0.25) is 0 Å². The SMILES string of the molecule is CCCc1n[nH]c(=S)n1CC(CC)CC. The lowest BCUT2D eigenvalue weighted by Crippen LogP contribution is -2.12. The van der Waals surface area contributed by atoms with Crippen molar-refractivity contribution in [1.82, 2.24) is 14.8 Å². The Morgan fingerprint density at radius 3 is 2.53 bits per heavy atom. The van der Waals surface area contributed by atoms with Gasteiger partial charge in [-0.05, 0) is 24.6 Å². The van der Waals surface area contributed by atoms with Crippen molar-refractivity contribution in [2.45, 2.75) is 53.0 Å². The molecule has 0 saturated heterocycles. The maximum Gasteiger partial charge on any atom is 0.195 e. The average Bonchev–Trinajstić information content (AvgIpc) is 2.58. The normalized spacial score (nSPS) is 11.2. The molecule has 0 aliphatic heterocycles. The molecule has 0 aliphatic carbocycles. The molecule has 0 spiro atoms. The van der Waals surface area contributed by atoms with Gasteiger partial charge in [-0.25, -0.2) is 0 Å². The first-order chi connectivity index (χ1) is 7.22. The van der Waals surface area contributed by atoms with Crippen LogP contribution >= 0.6 is 12.2 Å². The van der Waals surface area contributed by atoms with E-state index in [0.29, 0.717) is 5.92 Å². The molecule has 15 heavy (non-hydrogen) atoms. The van der Waals surface area contributed by atoms with Gasteiger partial charge < -0.3 is 4.57 Å². The quantitative estimate of drug-likeness (QED) is 0.756. The van der Waals surface area contributed by atoms with E-state index >= 15 is 0 Å². The van der Waals surface area contributed by atoms with Gasteiger partial charge in [-0.15, -0.1) is 0 Å². The van der Waals surface area contributed by atoms with Gasteiger partial charge in [-0.1, -0.05) is 33.6 Å². The topological polar surface area (TPSA) is 33.6 Å². The van der Waals surface area contributed by atoms with E-state index < -0.39 is 0 Å². The van der Waals surface area contributed by atoms with Crippen LogP contribution in [0.3, 0.4) is 0 Å². The first-order valence-corrected chi connectivity index (χ1v) is 6.27. The zero-order valence-electron chi connectivity index (χ0n) is 9.92. The summed E-state index contributed by atoms with van der Waals surface area (Å²) in [4.78, 5) is 0. The molecule has 0 unspecified atom stereocenters. The Kier molecular flexibility index (Phi) is 5.02. The van der Waals surface area contributed by atoms with Gasteiger partial charge in [0.25, 0.3) is 0 Å². The lowest BCUT2D eigenvalue weighted by molar-refractivity contribution is 0.407. The van der Waals surface area contributed by atoms with E-state index in [4.69, 9.17) is 12.2 Å². The molecule has 1 N–H and O–H groups in total. The van der Waals surface area contributed by atoms with E-state index in [1.807, 2.05) is 0 Å². The number of rotatable bonds is 6. The van der Waals surface area contributed by atoms with E-state index in [-0.39, 0.29) is 0 Å². The van der Waals surface area contributed by atoms with Gasteiger partial charge in [0.1, 0.15) is 5.82 Å². The minimum atomic E-state index is 0.713. The number of hydrogen-bond donors (Lipinski definition) is 1. The maximum absolute atomic E-state index is 5.25. The van der Waals surface area contributed by atoms with Gasteiger partial charge in [0.05, 0.1) is 0 Å². The zero-order chi connectivity index (χ0) is 11.3. The Bertz CT molecular complexity index is 336. The highest BCUT2D eigenvalue weighted by atomic mass is 32.1. The van der Waals surface area contributed by atoms with E-state index in [2.05, 4.69) is 35.5 Å². The summed E-state index contributed by atoms with van der Waals surface area (Å²) >= 11 is 5.25. The lowest BCUT2D eigenvalue weighted by Gasteiger charge is -2.14. The first kappa shape index (κ1) is 12.4. The molecular weight excluding hydrogens is 206 g/mol. The number of hydrogen-bond acceptors (Lipinski definition) is 2. The standard InChI is InChI=1S/C11H21N3S/c1-4-7-10-12-13-11(15)14(10)8-9(5-2)6-3/h9H,4-8H2,1-3H3,(H,13,15). The lowest BCUT2D eigenvalue weighted by atomic mass is 10.0. The highest BCUT2D eigenvalue weighted by molar-refractivity contribution is 7.71. The molecule has 86 valence electrons. The summed E-state index contributed by atoms with van der Waals surface area (Å²) in [5, 5.41) is 7.16. The number of nitrogens with one attached hydrogen (secondary N) is 1. The summed E-state index contributed by atoms with van der Waals surface area (Å²) in [6.07, 6.45) is 4.53. The number of aromatic nitrogens is 3. The van der Waals surface area contributed by atoms with E-state index in [9.17, 15) is 0 Å². The van der Waals surface area contributed by atoms with Gasteiger partial charge in [0.2, 0.25) is 0 Å². The molecule has 1 aromatic heterocycles. The molecular formula is C11H21N3S. The van der Waals surface area contributed by atoms with Crippen molar-refractivity contribution in [3.8, 4) is 0 Å². The highest BCUT2D eigenvalue weighted by Crippen LogP contribution is 2.13. The van der Waals surface area contributed by atoms with Crippen LogP contribution in [0.1, 0.15) is 45.9 Å². The predicted octanol–water partition coefficient (Wildman–Crippen LogP) is 3.33. The molecule has 0 aromatic carbocycles. The number of nitrogens with zero attached hydrogens (tertiary/aromatic N) is 2. The average molecular weight is 227 g/mol. The summed E-state index contributed by atoms with van der Waals surface area (Å²) in [5.74, 6) is 1.82. The van der Waals surface area contributed by atoms with Crippen LogP contribution in [-0.2, 0) is 13.0 Å². The van der Waals surface area contributed by atoms with Crippen LogP contribution < -0.4 is 0 Å². The van der Waals surface area contributed by atoms with Gasteiger partial charge in [0.15, 0.2) is 4.77 Å². The number of H-pyrrole nitrogens is 1. The van der Waals surface area contributed by atoms with Crippen molar-refractivity contribution in [3.63, 3.8) is 0 Å². The first-order valence-electron chi connectivity index (χ1n) is 5.86. The zero-order valence-corrected chi connectivity index (χ0v) is 10.7. The smallest absolute Gasteiger partial charge is 0.195 e. The fourth-order valence-corrected chi connectivity index (χ4v) is 1.98. The molecule has 0 fully saturated rings. The monoisotopic (exact) mass is 227 g/mol.